The van der Waals surface area contributed by atoms with E-state index in [0.717, 1.165) is 0 Å². The lowest BCUT2D eigenvalue weighted by atomic mass is 9.85. The van der Waals surface area contributed by atoms with Crippen molar-refractivity contribution in [2.75, 3.05) is 0 Å². The van der Waals surface area contributed by atoms with Crippen molar-refractivity contribution >= 4 is 22.9 Å². The van der Waals surface area contributed by atoms with Crippen LogP contribution in [-0.2, 0) is 0 Å². The molecule has 14 heavy (non-hydrogen) atoms. The van der Waals surface area contributed by atoms with E-state index < -0.39 is 12.2 Å². The Bertz CT molecular complexity index is 303. The first-order valence-electron chi connectivity index (χ1n) is 4.43. The molecule has 0 saturated carbocycles. The minimum atomic E-state index is -0.900. The Morgan fingerprint density at radius 3 is 2.29 bits per heavy atom. The molecule has 4 heteroatoms. The zero-order valence-electron chi connectivity index (χ0n) is 8.49. The third-order valence-electron chi connectivity index (χ3n) is 2.10. The van der Waals surface area contributed by atoms with Gasteiger partial charge in [0.15, 0.2) is 0 Å². The summed E-state index contributed by atoms with van der Waals surface area (Å²) >= 11 is 7.23. The van der Waals surface area contributed by atoms with Crippen molar-refractivity contribution in [1.29, 1.82) is 0 Å². The lowest BCUT2D eigenvalue weighted by Gasteiger charge is -2.29. The molecule has 0 radical (unpaired) electrons. The molecule has 80 valence electrons. The lowest BCUT2D eigenvalue weighted by molar-refractivity contribution is -0.0441. The molecule has 1 rings (SSSR count). The Balaban J connectivity index is 2.86. The lowest BCUT2D eigenvalue weighted by Crippen LogP contribution is -2.32. The first-order chi connectivity index (χ1) is 6.34. The van der Waals surface area contributed by atoms with Gasteiger partial charge in [-0.1, -0.05) is 32.4 Å². The van der Waals surface area contributed by atoms with E-state index in [1.165, 1.54) is 11.3 Å². The van der Waals surface area contributed by atoms with Crippen LogP contribution in [0.3, 0.4) is 0 Å². The number of hydrogen-bond donors (Lipinski definition) is 2. The second kappa shape index (κ2) is 4.19. The maximum Gasteiger partial charge on any atom is 0.116 e. The van der Waals surface area contributed by atoms with Crippen LogP contribution in [0, 0.1) is 5.41 Å². The molecule has 0 amide bonds. The second-order valence-electron chi connectivity index (χ2n) is 4.39. The van der Waals surface area contributed by atoms with Crippen LogP contribution in [-0.4, -0.2) is 16.3 Å². The quantitative estimate of drug-likeness (QED) is 0.826. The third kappa shape index (κ3) is 2.48. The van der Waals surface area contributed by atoms with Crippen LogP contribution < -0.4 is 0 Å². The van der Waals surface area contributed by atoms with E-state index in [0.29, 0.717) is 9.90 Å². The smallest absolute Gasteiger partial charge is 0.116 e. The van der Waals surface area contributed by atoms with Crippen molar-refractivity contribution in [3.63, 3.8) is 0 Å². The maximum absolute atomic E-state index is 9.87. The van der Waals surface area contributed by atoms with Gasteiger partial charge in [0.1, 0.15) is 6.10 Å². The molecular weight excluding hydrogens is 220 g/mol. The monoisotopic (exact) mass is 234 g/mol. The summed E-state index contributed by atoms with van der Waals surface area (Å²) in [5, 5.41) is 22.0. The van der Waals surface area contributed by atoms with Gasteiger partial charge in [-0.3, -0.25) is 0 Å². The largest absolute Gasteiger partial charge is 0.389 e. The van der Waals surface area contributed by atoms with Crippen LogP contribution in [0.2, 0.25) is 5.02 Å². The van der Waals surface area contributed by atoms with E-state index in [4.69, 9.17) is 11.6 Å². The fourth-order valence-electron chi connectivity index (χ4n) is 1.13. The summed E-state index contributed by atoms with van der Waals surface area (Å²) in [5.41, 5.74) is -0.354. The number of halogens is 1. The van der Waals surface area contributed by atoms with Gasteiger partial charge in [-0.15, -0.1) is 11.3 Å². The van der Waals surface area contributed by atoms with Crippen LogP contribution >= 0.6 is 22.9 Å². The summed E-state index contributed by atoms with van der Waals surface area (Å²) in [6.07, 6.45) is -1.71. The fourth-order valence-corrected chi connectivity index (χ4v) is 2.32. The van der Waals surface area contributed by atoms with Gasteiger partial charge in [0, 0.05) is 0 Å². The maximum atomic E-state index is 9.87. The van der Waals surface area contributed by atoms with Crippen molar-refractivity contribution in [1.82, 2.24) is 0 Å². The number of thiophene rings is 1. The van der Waals surface area contributed by atoms with Gasteiger partial charge in [-0.25, -0.2) is 0 Å². The summed E-state index contributed by atoms with van der Waals surface area (Å²) in [7, 11) is 0. The zero-order chi connectivity index (χ0) is 10.9. The minimum Gasteiger partial charge on any atom is -0.389 e. The Labute approximate surface area is 93.2 Å². The van der Waals surface area contributed by atoms with Crippen LogP contribution in [0.1, 0.15) is 31.8 Å². The van der Waals surface area contributed by atoms with Gasteiger partial charge in [0.25, 0.3) is 0 Å². The molecule has 0 aromatic carbocycles. The van der Waals surface area contributed by atoms with Crippen LogP contribution in [0.4, 0.5) is 0 Å². The Hall–Kier alpha value is -0.0900. The van der Waals surface area contributed by atoms with Gasteiger partial charge in [0.05, 0.1) is 16.0 Å². The van der Waals surface area contributed by atoms with E-state index >= 15 is 0 Å². The van der Waals surface area contributed by atoms with E-state index in [2.05, 4.69) is 0 Å². The van der Waals surface area contributed by atoms with Crippen molar-refractivity contribution in [2.24, 2.45) is 5.41 Å². The van der Waals surface area contributed by atoms with Gasteiger partial charge in [0.2, 0.25) is 0 Å². The molecule has 1 aromatic rings. The molecule has 0 aliphatic rings. The summed E-state index contributed by atoms with van der Waals surface area (Å²) in [4.78, 5) is 0.633. The van der Waals surface area contributed by atoms with Gasteiger partial charge in [-0.2, -0.15) is 0 Å². The number of aliphatic hydroxyl groups excluding tert-OH is 2. The fraction of sp³-hybridized carbons (Fsp3) is 0.600. The molecule has 0 saturated heterocycles. The summed E-state index contributed by atoms with van der Waals surface area (Å²) in [6, 6.07) is 1.72. The molecule has 0 bridgehead atoms. The summed E-state index contributed by atoms with van der Waals surface area (Å²) in [5.74, 6) is 0. The molecule has 0 spiro atoms. The third-order valence-corrected chi connectivity index (χ3v) is 3.53. The molecule has 2 unspecified atom stereocenters. The number of rotatable bonds is 2. The van der Waals surface area contributed by atoms with Crippen LogP contribution in [0.25, 0.3) is 0 Å². The summed E-state index contributed by atoms with van der Waals surface area (Å²) in [6.45, 7) is 5.63. The second-order valence-corrected chi connectivity index (χ2v) is 5.74. The first-order valence-corrected chi connectivity index (χ1v) is 5.69. The van der Waals surface area contributed by atoms with Gasteiger partial charge in [-0.05, 0) is 16.9 Å². The van der Waals surface area contributed by atoms with Crippen molar-refractivity contribution < 1.29 is 10.2 Å². The normalized spacial score (nSPS) is 16.7. The highest BCUT2D eigenvalue weighted by Gasteiger charge is 2.31. The van der Waals surface area contributed by atoms with E-state index in [9.17, 15) is 10.2 Å². The van der Waals surface area contributed by atoms with Crippen LogP contribution in [0.15, 0.2) is 11.4 Å². The predicted octanol–water partition coefficient (Wildman–Crippen LogP) is 2.84. The average molecular weight is 235 g/mol. The molecular formula is C10H15ClO2S. The molecule has 2 nitrogen and oxygen atoms in total. The molecule has 2 atom stereocenters. The van der Waals surface area contributed by atoms with E-state index in [-0.39, 0.29) is 5.41 Å². The molecule has 0 aliphatic heterocycles. The Morgan fingerprint density at radius 1 is 1.36 bits per heavy atom. The van der Waals surface area contributed by atoms with Crippen molar-refractivity contribution in [3.8, 4) is 0 Å². The molecule has 1 heterocycles. The first kappa shape index (κ1) is 12.0. The number of hydrogen-bond acceptors (Lipinski definition) is 3. The van der Waals surface area contributed by atoms with Crippen molar-refractivity contribution in [2.45, 2.75) is 33.0 Å². The predicted molar refractivity (Wildman–Crippen MR) is 59.8 cm³/mol. The standard InChI is InChI=1S/C10H15ClO2S/c1-10(2,3)9(13)7(12)8-6(11)4-5-14-8/h4-5,7,9,12-13H,1-3H3. The Morgan fingerprint density at radius 2 is 1.93 bits per heavy atom. The molecule has 1 aromatic heterocycles. The SMILES string of the molecule is CC(C)(C)C(O)C(O)c1sccc1Cl. The number of aliphatic hydroxyl groups is 2. The van der Waals surface area contributed by atoms with E-state index in [1.807, 2.05) is 20.8 Å². The molecule has 2 N–H and O–H groups in total. The topological polar surface area (TPSA) is 40.5 Å². The zero-order valence-corrected chi connectivity index (χ0v) is 10.1. The van der Waals surface area contributed by atoms with E-state index in [1.54, 1.807) is 11.4 Å². The van der Waals surface area contributed by atoms with Crippen molar-refractivity contribution in [3.05, 3.63) is 21.3 Å². The van der Waals surface area contributed by atoms with Gasteiger partial charge >= 0.3 is 0 Å². The van der Waals surface area contributed by atoms with Crippen LogP contribution in [0.5, 0.6) is 0 Å². The molecule has 0 aliphatic carbocycles. The average Bonchev–Trinajstić information content (AvgIpc) is 2.47. The minimum absolute atomic E-state index is 0.354. The van der Waals surface area contributed by atoms with Gasteiger partial charge < -0.3 is 10.2 Å². The highest BCUT2D eigenvalue weighted by atomic mass is 35.5. The summed E-state index contributed by atoms with van der Waals surface area (Å²) < 4.78 is 0. The Kier molecular flexibility index (Phi) is 3.58. The highest BCUT2D eigenvalue weighted by molar-refractivity contribution is 7.10. The molecule has 0 fully saturated rings. The highest BCUT2D eigenvalue weighted by Crippen LogP contribution is 2.36.